The zero-order valence-electron chi connectivity index (χ0n) is 11.4. The van der Waals surface area contributed by atoms with E-state index < -0.39 is 6.09 Å². The number of nitrogens with one attached hydrogen (secondary N) is 2. The van der Waals surface area contributed by atoms with Gasteiger partial charge in [-0.15, -0.1) is 5.10 Å². The van der Waals surface area contributed by atoms with Crippen LogP contribution in [0.1, 0.15) is 6.92 Å². The van der Waals surface area contributed by atoms with Gasteiger partial charge < -0.3 is 14.8 Å². The van der Waals surface area contributed by atoms with E-state index in [1.807, 2.05) is 12.1 Å². The highest BCUT2D eigenvalue weighted by molar-refractivity contribution is 5.82. The van der Waals surface area contributed by atoms with Crippen LogP contribution in [0.2, 0.25) is 0 Å². The topological polar surface area (TPSA) is 89.8 Å². The Balaban J connectivity index is 2.15. The number of rotatable bonds is 6. The first-order valence-corrected chi connectivity index (χ1v) is 6.27. The van der Waals surface area contributed by atoms with Crippen molar-refractivity contribution in [2.45, 2.75) is 6.92 Å². The molecule has 0 saturated carbocycles. The second-order valence-electron chi connectivity index (χ2n) is 3.88. The van der Waals surface area contributed by atoms with E-state index in [0.717, 1.165) is 5.82 Å². The number of pyridine rings is 1. The highest BCUT2D eigenvalue weighted by atomic mass is 16.5. The van der Waals surface area contributed by atoms with E-state index >= 15 is 0 Å². The van der Waals surface area contributed by atoms with Crippen molar-refractivity contribution < 1.29 is 14.3 Å². The lowest BCUT2D eigenvalue weighted by molar-refractivity contribution is 0.167. The van der Waals surface area contributed by atoms with Crippen molar-refractivity contribution in [1.82, 2.24) is 14.6 Å². The number of nitrogens with zero attached hydrogens (tertiary/aromatic N) is 3. The summed E-state index contributed by atoms with van der Waals surface area (Å²) < 4.78 is 11.4. The predicted octanol–water partition coefficient (Wildman–Crippen LogP) is 1.36. The van der Waals surface area contributed by atoms with Crippen LogP contribution in [0.15, 0.2) is 18.2 Å². The average Bonchev–Trinajstić information content (AvgIpc) is 2.82. The number of ether oxygens (including phenoxy) is 2. The third-order valence-electron chi connectivity index (χ3n) is 2.46. The monoisotopic (exact) mass is 279 g/mol. The fourth-order valence-corrected chi connectivity index (χ4v) is 1.63. The number of methoxy groups -OCH3 is 1. The molecule has 0 aliphatic carbocycles. The van der Waals surface area contributed by atoms with E-state index in [4.69, 9.17) is 9.47 Å². The number of carbonyl (C=O) groups is 1. The molecule has 2 aromatic heterocycles. The normalized spacial score (nSPS) is 10.5. The molecule has 2 rings (SSSR count). The lowest BCUT2D eigenvalue weighted by atomic mass is 10.4. The maximum atomic E-state index is 11.3. The van der Waals surface area contributed by atoms with Gasteiger partial charge in [0.1, 0.15) is 5.82 Å². The van der Waals surface area contributed by atoms with Crippen LogP contribution >= 0.6 is 0 Å². The third-order valence-corrected chi connectivity index (χ3v) is 2.46. The zero-order chi connectivity index (χ0) is 14.4. The predicted molar refractivity (Wildman–Crippen MR) is 74.0 cm³/mol. The van der Waals surface area contributed by atoms with E-state index in [9.17, 15) is 4.79 Å². The first-order valence-electron chi connectivity index (χ1n) is 6.27. The Kier molecular flexibility index (Phi) is 4.72. The molecule has 108 valence electrons. The van der Waals surface area contributed by atoms with Crippen molar-refractivity contribution in [3.05, 3.63) is 18.2 Å². The molecule has 2 heterocycles. The molecular weight excluding hydrogens is 262 g/mol. The molecule has 0 aromatic carbocycles. The summed E-state index contributed by atoms with van der Waals surface area (Å²) in [6, 6.07) is 5.52. The highest BCUT2D eigenvalue weighted by Crippen LogP contribution is 2.12. The number of fused-ring (bicyclic) bond motifs is 1. The second-order valence-corrected chi connectivity index (χ2v) is 3.88. The second kappa shape index (κ2) is 6.71. The van der Waals surface area contributed by atoms with Gasteiger partial charge in [0, 0.05) is 13.7 Å². The van der Waals surface area contributed by atoms with Crippen LogP contribution < -0.4 is 10.6 Å². The number of aromatic nitrogens is 3. The Bertz CT molecular complexity index is 583. The van der Waals surface area contributed by atoms with Crippen LogP contribution in [0.5, 0.6) is 0 Å². The molecule has 0 unspecified atom stereocenters. The van der Waals surface area contributed by atoms with Gasteiger partial charge in [-0.3, -0.25) is 5.32 Å². The highest BCUT2D eigenvalue weighted by Gasteiger charge is 2.10. The number of hydrogen-bond acceptors (Lipinski definition) is 6. The number of anilines is 2. The molecule has 0 radical (unpaired) electrons. The molecule has 2 aromatic rings. The first kappa shape index (κ1) is 14.1. The Morgan fingerprint density at radius 1 is 1.45 bits per heavy atom. The number of amides is 1. The molecule has 20 heavy (non-hydrogen) atoms. The maximum Gasteiger partial charge on any atom is 0.414 e. The van der Waals surface area contributed by atoms with Crippen molar-refractivity contribution in [2.24, 2.45) is 0 Å². The van der Waals surface area contributed by atoms with Crippen LogP contribution in [-0.2, 0) is 9.47 Å². The van der Waals surface area contributed by atoms with E-state index in [1.54, 1.807) is 24.6 Å². The molecule has 0 aliphatic heterocycles. The summed E-state index contributed by atoms with van der Waals surface area (Å²) >= 11 is 0. The summed E-state index contributed by atoms with van der Waals surface area (Å²) in [4.78, 5) is 15.5. The quantitative estimate of drug-likeness (QED) is 0.776. The van der Waals surface area contributed by atoms with Crippen LogP contribution in [0.3, 0.4) is 0 Å². The van der Waals surface area contributed by atoms with Gasteiger partial charge in [0.2, 0.25) is 0 Å². The van der Waals surface area contributed by atoms with Crippen molar-refractivity contribution in [3.63, 3.8) is 0 Å². The van der Waals surface area contributed by atoms with Crippen LogP contribution in [0, 0.1) is 0 Å². The van der Waals surface area contributed by atoms with Gasteiger partial charge >= 0.3 is 6.09 Å². The van der Waals surface area contributed by atoms with E-state index in [-0.39, 0.29) is 5.95 Å². The Morgan fingerprint density at radius 2 is 2.30 bits per heavy atom. The van der Waals surface area contributed by atoms with Gasteiger partial charge in [-0.05, 0) is 19.1 Å². The summed E-state index contributed by atoms with van der Waals surface area (Å²) in [5.41, 5.74) is 0.624. The molecule has 0 atom stereocenters. The van der Waals surface area contributed by atoms with E-state index in [0.29, 0.717) is 25.4 Å². The van der Waals surface area contributed by atoms with Crippen LogP contribution in [-0.4, -0.2) is 47.6 Å². The Labute approximate surface area is 116 Å². The number of hydrogen-bond donors (Lipinski definition) is 2. The Hall–Kier alpha value is -2.35. The van der Waals surface area contributed by atoms with E-state index in [1.165, 1.54) is 0 Å². The lowest BCUT2D eigenvalue weighted by Gasteiger charge is -2.06. The Morgan fingerprint density at radius 3 is 3.05 bits per heavy atom. The standard InChI is InChI=1S/C12H17N5O3/c1-3-20-12(18)15-11-14-10-6-4-5-9(17(10)16-11)13-7-8-19-2/h4-6,13H,3,7-8H2,1-2H3,(H,15,16,18). The molecule has 0 fully saturated rings. The largest absolute Gasteiger partial charge is 0.450 e. The first-order chi connectivity index (χ1) is 9.74. The molecule has 0 bridgehead atoms. The van der Waals surface area contributed by atoms with Gasteiger partial charge in [0.05, 0.1) is 13.2 Å². The smallest absolute Gasteiger partial charge is 0.414 e. The lowest BCUT2D eigenvalue weighted by Crippen LogP contribution is -2.14. The van der Waals surface area contributed by atoms with Crippen LogP contribution in [0.25, 0.3) is 5.65 Å². The van der Waals surface area contributed by atoms with E-state index in [2.05, 4.69) is 20.7 Å². The minimum absolute atomic E-state index is 0.199. The fourth-order valence-electron chi connectivity index (χ4n) is 1.63. The van der Waals surface area contributed by atoms with Crippen molar-refractivity contribution in [2.75, 3.05) is 37.5 Å². The molecule has 8 nitrogen and oxygen atoms in total. The van der Waals surface area contributed by atoms with Crippen molar-refractivity contribution in [1.29, 1.82) is 0 Å². The van der Waals surface area contributed by atoms with Gasteiger partial charge in [-0.1, -0.05) is 6.07 Å². The van der Waals surface area contributed by atoms with Gasteiger partial charge in [-0.25, -0.2) is 4.79 Å². The fraction of sp³-hybridized carbons (Fsp3) is 0.417. The summed E-state index contributed by atoms with van der Waals surface area (Å²) in [5.74, 6) is 0.966. The SMILES string of the molecule is CCOC(=O)Nc1nc2cccc(NCCOC)n2n1. The van der Waals surface area contributed by atoms with Crippen molar-refractivity contribution >= 4 is 23.5 Å². The molecular formula is C12H17N5O3. The molecule has 1 amide bonds. The molecule has 2 N–H and O–H groups in total. The van der Waals surface area contributed by atoms with Gasteiger partial charge in [-0.2, -0.15) is 9.50 Å². The summed E-state index contributed by atoms with van der Waals surface area (Å²) in [5, 5.41) is 9.85. The maximum absolute atomic E-state index is 11.3. The molecule has 0 saturated heterocycles. The van der Waals surface area contributed by atoms with Gasteiger partial charge in [0.25, 0.3) is 5.95 Å². The molecule has 0 aliphatic rings. The summed E-state index contributed by atoms with van der Waals surface area (Å²) in [7, 11) is 1.64. The average molecular weight is 279 g/mol. The minimum Gasteiger partial charge on any atom is -0.450 e. The minimum atomic E-state index is -0.572. The van der Waals surface area contributed by atoms with Crippen LogP contribution in [0.4, 0.5) is 16.6 Å². The summed E-state index contributed by atoms with van der Waals surface area (Å²) in [6.45, 7) is 3.26. The molecule has 0 spiro atoms. The molecule has 8 heteroatoms. The number of carbonyl (C=O) groups excluding carboxylic acids is 1. The van der Waals surface area contributed by atoms with Gasteiger partial charge in [0.15, 0.2) is 5.65 Å². The van der Waals surface area contributed by atoms with Crippen molar-refractivity contribution in [3.8, 4) is 0 Å². The summed E-state index contributed by atoms with van der Waals surface area (Å²) in [6.07, 6.45) is -0.572. The third kappa shape index (κ3) is 3.35. The zero-order valence-corrected chi connectivity index (χ0v) is 11.4.